The Balaban J connectivity index is 1.66. The number of nitrogen functional groups attached to an aromatic ring is 1. The van der Waals surface area contributed by atoms with E-state index in [-0.39, 0.29) is 44.8 Å². The molecule has 0 aliphatic carbocycles. The third kappa shape index (κ3) is 4.65. The van der Waals surface area contributed by atoms with Crippen molar-refractivity contribution >= 4 is 35.2 Å². The number of carbonyl (C=O) groups excluding carboxylic acids is 1. The van der Waals surface area contributed by atoms with Crippen molar-refractivity contribution in [1.82, 2.24) is 30.0 Å². The molecule has 4 rings (SSSR count). The van der Waals surface area contributed by atoms with E-state index in [2.05, 4.69) is 32.6 Å². The fourth-order valence-corrected chi connectivity index (χ4v) is 3.94. The molecule has 166 valence electrons. The van der Waals surface area contributed by atoms with Crippen molar-refractivity contribution in [1.29, 1.82) is 0 Å². The second-order valence-electron chi connectivity index (χ2n) is 6.90. The lowest BCUT2D eigenvalue weighted by atomic mass is 10.0. The van der Waals surface area contributed by atoms with Crippen LogP contribution in [0.2, 0.25) is 10.0 Å². The second-order valence-corrected chi connectivity index (χ2v) is 7.74. The summed E-state index contributed by atoms with van der Waals surface area (Å²) in [5.74, 6) is 0.470. The van der Waals surface area contributed by atoms with Crippen molar-refractivity contribution in [2.24, 2.45) is 0 Å². The number of carbonyl (C=O) groups is 1. The molecule has 2 amide bonds. The fourth-order valence-electron chi connectivity index (χ4n) is 3.38. The van der Waals surface area contributed by atoms with Gasteiger partial charge in [0.05, 0.1) is 54.4 Å². The van der Waals surface area contributed by atoms with Gasteiger partial charge in [-0.25, -0.2) is 19.4 Å². The Morgan fingerprint density at radius 2 is 2.16 bits per heavy atom. The number of anilines is 1. The molecule has 0 radical (unpaired) electrons. The van der Waals surface area contributed by atoms with Crippen LogP contribution in [0.1, 0.15) is 11.3 Å². The number of urea groups is 1. The maximum Gasteiger partial charge on any atom is 0.318 e. The summed E-state index contributed by atoms with van der Waals surface area (Å²) in [5.41, 5.74) is 8.27. The maximum absolute atomic E-state index is 12.4. The molecule has 0 saturated carbocycles. The summed E-state index contributed by atoms with van der Waals surface area (Å²) in [4.78, 5) is 22.6. The zero-order valence-electron chi connectivity index (χ0n) is 16.8. The Labute approximate surface area is 193 Å². The highest BCUT2D eigenvalue weighted by Gasteiger charge is 2.30. The Morgan fingerprint density at radius 1 is 1.31 bits per heavy atom. The third-order valence-corrected chi connectivity index (χ3v) is 5.26. The highest BCUT2D eigenvalue weighted by molar-refractivity contribution is 6.37. The molecule has 3 heterocycles. The van der Waals surface area contributed by atoms with Gasteiger partial charge in [-0.1, -0.05) is 23.2 Å². The van der Waals surface area contributed by atoms with Gasteiger partial charge in [0.1, 0.15) is 12.4 Å². The van der Waals surface area contributed by atoms with Gasteiger partial charge < -0.3 is 25.8 Å². The Bertz CT molecular complexity index is 1120. The molecule has 0 unspecified atom stereocenters. The predicted molar refractivity (Wildman–Crippen MR) is 117 cm³/mol. The summed E-state index contributed by atoms with van der Waals surface area (Å²) < 4.78 is 7.53. The summed E-state index contributed by atoms with van der Waals surface area (Å²) in [6.45, 7) is 1.21. The maximum atomic E-state index is 12.4. The number of hydrogen-bond acceptors (Lipinski definition) is 7. The highest BCUT2D eigenvalue weighted by atomic mass is 35.5. The van der Waals surface area contributed by atoms with Gasteiger partial charge in [-0.3, -0.25) is 0 Å². The number of fused-ring (bicyclic) bond motifs is 1. The van der Waals surface area contributed by atoms with E-state index in [0.717, 1.165) is 0 Å². The van der Waals surface area contributed by atoms with Gasteiger partial charge in [0, 0.05) is 23.3 Å². The number of amides is 2. The molecule has 0 atom stereocenters. The summed E-state index contributed by atoms with van der Waals surface area (Å²) in [6, 6.07) is 5.65. The molecule has 12 heteroatoms. The zero-order valence-corrected chi connectivity index (χ0v) is 18.3. The van der Waals surface area contributed by atoms with Crippen LogP contribution in [-0.2, 0) is 19.6 Å². The third-order valence-electron chi connectivity index (χ3n) is 4.75. The van der Waals surface area contributed by atoms with Gasteiger partial charge >= 0.3 is 6.03 Å². The summed E-state index contributed by atoms with van der Waals surface area (Å²) >= 11 is 12.8. The van der Waals surface area contributed by atoms with Crippen molar-refractivity contribution in [3.05, 3.63) is 51.9 Å². The average molecular weight is 476 g/mol. The standard InChI is InChI=1S/C20H19Cl2N7O3/c21-12-8-14(22)17(16(9-12)32-7-5-29-4-1-2-25-29)18-13-10-28(20(31)24-3-6-30)11-15(13)26-19(23)27-18/h2,8-9,30H,3,5-7,10-11H2,(H,24,31)(H2,23,26,27). The van der Waals surface area contributed by atoms with Crippen LogP contribution in [-0.4, -0.2) is 55.5 Å². The van der Waals surface area contributed by atoms with Gasteiger partial charge in [-0.05, 0) is 18.2 Å². The van der Waals surface area contributed by atoms with E-state index in [1.54, 1.807) is 21.7 Å². The van der Waals surface area contributed by atoms with Crippen LogP contribution in [0.5, 0.6) is 5.75 Å². The molecular weight excluding hydrogens is 457 g/mol. The predicted octanol–water partition coefficient (Wildman–Crippen LogP) is 1.93. The number of nitrogens with two attached hydrogens (primary N) is 1. The zero-order chi connectivity index (χ0) is 22.7. The molecule has 4 N–H and O–H groups in total. The molecular formula is C20H19Cl2N7O3. The number of rotatable bonds is 7. The van der Waals surface area contributed by atoms with E-state index in [1.165, 1.54) is 6.20 Å². The van der Waals surface area contributed by atoms with Gasteiger partial charge in [0.25, 0.3) is 0 Å². The molecule has 2 aromatic heterocycles. The van der Waals surface area contributed by atoms with Gasteiger partial charge in [-0.15, -0.1) is 0 Å². The molecule has 0 saturated heterocycles. The molecule has 1 aromatic carbocycles. The van der Waals surface area contributed by atoms with Crippen molar-refractivity contribution in [3.8, 4) is 17.0 Å². The Hall–Kier alpha value is -3.26. The number of hydrogen-bond donors (Lipinski definition) is 3. The van der Waals surface area contributed by atoms with E-state index in [1.807, 2.05) is 0 Å². The topological polar surface area (TPSA) is 131 Å². The average Bonchev–Trinajstić information content (AvgIpc) is 3.41. The van der Waals surface area contributed by atoms with Crippen molar-refractivity contribution in [3.63, 3.8) is 0 Å². The number of benzene rings is 1. The normalized spacial score (nSPS) is 12.4. The largest absolute Gasteiger partial charge is 0.491 e. The number of aliphatic hydroxyl groups excluding tert-OH is 1. The minimum Gasteiger partial charge on any atom is -0.491 e. The molecule has 1 aliphatic rings. The van der Waals surface area contributed by atoms with E-state index >= 15 is 0 Å². The lowest BCUT2D eigenvalue weighted by Crippen LogP contribution is -2.37. The quantitative estimate of drug-likeness (QED) is 0.475. The number of halogens is 2. The Kier molecular flexibility index (Phi) is 6.50. The lowest BCUT2D eigenvalue weighted by Gasteiger charge is -2.17. The first-order valence-electron chi connectivity index (χ1n) is 9.68. The number of aromatic nitrogens is 4. The first-order chi connectivity index (χ1) is 15.5. The lowest BCUT2D eigenvalue weighted by molar-refractivity contribution is 0.194. The van der Waals surface area contributed by atoms with Crippen LogP contribution < -0.4 is 15.8 Å². The minimum absolute atomic E-state index is 0.0509. The number of ether oxygens (including phenoxy) is 1. The molecule has 10 nitrogen and oxygen atoms in total. The number of nitrogens with one attached hydrogen (secondary N) is 1. The highest BCUT2D eigenvalue weighted by Crippen LogP contribution is 2.42. The molecule has 0 fully saturated rings. The first kappa shape index (κ1) is 22.0. The molecule has 32 heavy (non-hydrogen) atoms. The fraction of sp³-hybridized carbons (Fsp3) is 0.300. The van der Waals surface area contributed by atoms with Crippen LogP contribution in [0.3, 0.4) is 0 Å². The number of nitrogens with zero attached hydrogens (tertiary/aromatic N) is 5. The minimum atomic E-state index is -0.326. The van der Waals surface area contributed by atoms with Crippen LogP contribution >= 0.6 is 23.2 Å². The molecule has 1 aliphatic heterocycles. The smallest absolute Gasteiger partial charge is 0.318 e. The van der Waals surface area contributed by atoms with Crippen LogP contribution in [0.15, 0.2) is 18.3 Å². The first-order valence-corrected chi connectivity index (χ1v) is 10.4. The van der Waals surface area contributed by atoms with Crippen LogP contribution in [0.4, 0.5) is 10.7 Å². The molecule has 3 aromatic rings. The van der Waals surface area contributed by atoms with Crippen LogP contribution in [0.25, 0.3) is 11.3 Å². The van der Waals surface area contributed by atoms with E-state index < -0.39 is 0 Å². The number of aliphatic hydroxyl groups is 1. The molecule has 0 bridgehead atoms. The summed E-state index contributed by atoms with van der Waals surface area (Å²) in [6.07, 6.45) is 4.33. The van der Waals surface area contributed by atoms with Crippen molar-refractivity contribution in [2.45, 2.75) is 19.6 Å². The van der Waals surface area contributed by atoms with Gasteiger partial charge in [-0.2, -0.15) is 5.10 Å². The van der Waals surface area contributed by atoms with Gasteiger partial charge in [0.15, 0.2) is 0 Å². The molecule has 0 spiro atoms. The van der Waals surface area contributed by atoms with Crippen molar-refractivity contribution in [2.75, 3.05) is 25.5 Å². The van der Waals surface area contributed by atoms with E-state index in [4.69, 9.17) is 38.8 Å². The summed E-state index contributed by atoms with van der Waals surface area (Å²) in [5, 5.41) is 16.4. The van der Waals surface area contributed by atoms with Gasteiger partial charge in [0.2, 0.25) is 5.95 Å². The van der Waals surface area contributed by atoms with Crippen molar-refractivity contribution < 1.29 is 14.6 Å². The second kappa shape index (κ2) is 9.48. The summed E-state index contributed by atoms with van der Waals surface area (Å²) in [7, 11) is 0. The van der Waals surface area contributed by atoms with E-state index in [0.29, 0.717) is 44.9 Å². The van der Waals surface area contributed by atoms with Crippen LogP contribution in [0, 0.1) is 12.3 Å². The SMILES string of the molecule is Nc1nc2c(c(-c3c(Cl)cc(Cl)cc3OCCn3c#ccn3)n1)CN(C(=O)NCCO)C2. The monoisotopic (exact) mass is 475 g/mol. The van der Waals surface area contributed by atoms with E-state index in [9.17, 15) is 4.79 Å². The Morgan fingerprint density at radius 3 is 2.91 bits per heavy atom.